The molecule has 0 aliphatic rings. The van der Waals surface area contributed by atoms with E-state index in [1.165, 1.54) is 0 Å². The summed E-state index contributed by atoms with van der Waals surface area (Å²) in [4.78, 5) is 11.2. The summed E-state index contributed by atoms with van der Waals surface area (Å²) in [6, 6.07) is 14.8. The van der Waals surface area contributed by atoms with Gasteiger partial charge in [-0.15, -0.1) is 0 Å². The molecule has 96 valence electrons. The third-order valence-electron chi connectivity index (χ3n) is 2.94. The molecule has 4 heteroatoms. The number of nitrogens with two attached hydrogens (primary N) is 1. The second-order valence-electron chi connectivity index (χ2n) is 4.31. The minimum Gasteiger partial charge on any atom is -0.366 e. The monoisotopic (exact) mass is 261 g/mol. The van der Waals surface area contributed by atoms with Crippen LogP contribution in [0.4, 0.5) is 0 Å². The van der Waals surface area contributed by atoms with Crippen LogP contribution in [0.15, 0.2) is 48.5 Å². The van der Waals surface area contributed by atoms with E-state index in [2.05, 4.69) is 22.0 Å². The molecule has 0 saturated heterocycles. The summed E-state index contributed by atoms with van der Waals surface area (Å²) in [5.41, 5.74) is 8.08. The lowest BCUT2D eigenvalue weighted by Gasteiger charge is -1.94. The Morgan fingerprint density at radius 2 is 1.90 bits per heavy atom. The minimum absolute atomic E-state index is 0.446. The standard InChI is InChI=1S/C16H11N3O/c17-16(20)12-7-9-15-13(10-12)14(18-19-15)8-6-11-4-2-1-3-5-11/h1-5,7,9-10H,(H2,17,20)(H,18,19). The zero-order chi connectivity index (χ0) is 13.9. The molecule has 1 amide bonds. The highest BCUT2D eigenvalue weighted by atomic mass is 16.1. The Kier molecular flexibility index (Phi) is 2.94. The highest BCUT2D eigenvalue weighted by Crippen LogP contribution is 2.17. The summed E-state index contributed by atoms with van der Waals surface area (Å²) < 4.78 is 0. The third kappa shape index (κ3) is 2.25. The number of fused-ring (bicyclic) bond motifs is 1. The Morgan fingerprint density at radius 1 is 1.10 bits per heavy atom. The summed E-state index contributed by atoms with van der Waals surface area (Å²) >= 11 is 0. The molecule has 3 N–H and O–H groups in total. The first-order chi connectivity index (χ1) is 9.74. The fourth-order valence-corrected chi connectivity index (χ4v) is 1.91. The van der Waals surface area contributed by atoms with Crippen molar-refractivity contribution in [3.8, 4) is 11.8 Å². The number of carbonyl (C=O) groups is 1. The highest BCUT2D eigenvalue weighted by molar-refractivity contribution is 5.98. The number of rotatable bonds is 1. The molecule has 1 aromatic heterocycles. The lowest BCUT2D eigenvalue weighted by atomic mass is 10.1. The smallest absolute Gasteiger partial charge is 0.248 e. The van der Waals surface area contributed by atoms with Crippen LogP contribution in [-0.2, 0) is 0 Å². The van der Waals surface area contributed by atoms with Gasteiger partial charge in [0, 0.05) is 16.5 Å². The molecule has 0 radical (unpaired) electrons. The topological polar surface area (TPSA) is 71.8 Å². The fourth-order valence-electron chi connectivity index (χ4n) is 1.91. The van der Waals surface area contributed by atoms with Crippen molar-refractivity contribution < 1.29 is 4.79 Å². The average Bonchev–Trinajstić information content (AvgIpc) is 2.88. The third-order valence-corrected chi connectivity index (χ3v) is 2.94. The number of hydrogen-bond donors (Lipinski definition) is 2. The maximum absolute atomic E-state index is 11.2. The van der Waals surface area contributed by atoms with Crippen LogP contribution in [0.25, 0.3) is 10.9 Å². The van der Waals surface area contributed by atoms with E-state index in [1.54, 1.807) is 18.2 Å². The number of aromatic nitrogens is 2. The second kappa shape index (κ2) is 4.90. The van der Waals surface area contributed by atoms with Gasteiger partial charge < -0.3 is 5.73 Å². The summed E-state index contributed by atoms with van der Waals surface area (Å²) in [5, 5.41) is 7.82. The van der Waals surface area contributed by atoms with Crippen molar-refractivity contribution in [3.05, 3.63) is 65.4 Å². The minimum atomic E-state index is -0.463. The number of hydrogen-bond acceptors (Lipinski definition) is 2. The normalized spacial score (nSPS) is 10.0. The molecular formula is C16H11N3O. The molecule has 0 fully saturated rings. The Balaban J connectivity index is 2.06. The second-order valence-corrected chi connectivity index (χ2v) is 4.31. The first-order valence-electron chi connectivity index (χ1n) is 6.09. The Hall–Kier alpha value is -3.06. The number of benzene rings is 2. The average molecular weight is 261 g/mol. The number of H-pyrrole nitrogens is 1. The van der Waals surface area contributed by atoms with E-state index in [4.69, 9.17) is 5.73 Å². The van der Waals surface area contributed by atoms with Gasteiger partial charge >= 0.3 is 0 Å². The van der Waals surface area contributed by atoms with Gasteiger partial charge in [0.25, 0.3) is 0 Å². The van der Waals surface area contributed by atoms with Crippen molar-refractivity contribution in [1.29, 1.82) is 0 Å². The van der Waals surface area contributed by atoms with Gasteiger partial charge in [0.15, 0.2) is 0 Å². The van der Waals surface area contributed by atoms with Gasteiger partial charge in [-0.3, -0.25) is 9.89 Å². The van der Waals surface area contributed by atoms with E-state index in [0.29, 0.717) is 11.3 Å². The molecule has 0 aliphatic carbocycles. The number of primary amides is 1. The Morgan fingerprint density at radius 3 is 2.65 bits per heavy atom. The molecular weight excluding hydrogens is 250 g/mol. The fraction of sp³-hybridized carbons (Fsp3) is 0. The first-order valence-corrected chi connectivity index (χ1v) is 6.09. The molecule has 4 nitrogen and oxygen atoms in total. The molecule has 3 aromatic rings. The molecule has 2 aromatic carbocycles. The molecule has 0 aliphatic heterocycles. The number of aromatic amines is 1. The molecule has 1 heterocycles. The van der Waals surface area contributed by atoms with Crippen LogP contribution in [0.3, 0.4) is 0 Å². The molecule has 3 rings (SSSR count). The zero-order valence-corrected chi connectivity index (χ0v) is 10.6. The van der Waals surface area contributed by atoms with E-state index in [1.807, 2.05) is 30.3 Å². The molecule has 0 bridgehead atoms. The van der Waals surface area contributed by atoms with Crippen LogP contribution in [0, 0.1) is 11.8 Å². The SMILES string of the molecule is NC(=O)c1ccc2n[nH]c(C#Cc3ccccc3)c2c1. The summed E-state index contributed by atoms with van der Waals surface area (Å²) in [6.45, 7) is 0. The van der Waals surface area contributed by atoms with Gasteiger partial charge in [0.2, 0.25) is 5.91 Å². The molecule has 0 spiro atoms. The van der Waals surface area contributed by atoms with E-state index in [9.17, 15) is 4.79 Å². The van der Waals surface area contributed by atoms with Crippen LogP contribution in [0.1, 0.15) is 21.6 Å². The van der Waals surface area contributed by atoms with Gasteiger partial charge in [-0.05, 0) is 36.3 Å². The predicted octanol–water partition coefficient (Wildman–Crippen LogP) is 2.06. The van der Waals surface area contributed by atoms with Crippen LogP contribution in [0.2, 0.25) is 0 Å². The van der Waals surface area contributed by atoms with Crippen LogP contribution in [-0.4, -0.2) is 16.1 Å². The lowest BCUT2D eigenvalue weighted by molar-refractivity contribution is 0.100. The lowest BCUT2D eigenvalue weighted by Crippen LogP contribution is -2.10. The molecule has 20 heavy (non-hydrogen) atoms. The Labute approximate surface area is 115 Å². The van der Waals surface area contributed by atoms with Crippen LogP contribution < -0.4 is 5.73 Å². The number of amides is 1. The number of carbonyl (C=O) groups excluding carboxylic acids is 1. The van der Waals surface area contributed by atoms with Crippen LogP contribution in [0.5, 0.6) is 0 Å². The van der Waals surface area contributed by atoms with Crippen molar-refractivity contribution >= 4 is 16.8 Å². The van der Waals surface area contributed by atoms with Crippen molar-refractivity contribution in [2.24, 2.45) is 5.73 Å². The summed E-state index contributed by atoms with van der Waals surface area (Å²) in [5.74, 6) is 5.62. The highest BCUT2D eigenvalue weighted by Gasteiger charge is 2.06. The van der Waals surface area contributed by atoms with Crippen LogP contribution >= 0.6 is 0 Å². The molecule has 0 saturated carbocycles. The van der Waals surface area contributed by atoms with Gasteiger partial charge in [-0.1, -0.05) is 24.1 Å². The van der Waals surface area contributed by atoms with E-state index in [-0.39, 0.29) is 0 Å². The molecule has 0 atom stereocenters. The molecule has 0 unspecified atom stereocenters. The van der Waals surface area contributed by atoms with Gasteiger partial charge in [-0.25, -0.2) is 0 Å². The van der Waals surface area contributed by atoms with Gasteiger partial charge in [-0.2, -0.15) is 5.10 Å². The van der Waals surface area contributed by atoms with Crippen molar-refractivity contribution in [3.63, 3.8) is 0 Å². The van der Waals surface area contributed by atoms with E-state index < -0.39 is 5.91 Å². The van der Waals surface area contributed by atoms with Crippen molar-refractivity contribution in [2.75, 3.05) is 0 Å². The zero-order valence-electron chi connectivity index (χ0n) is 10.6. The number of nitrogens with one attached hydrogen (secondary N) is 1. The maximum atomic E-state index is 11.2. The van der Waals surface area contributed by atoms with E-state index in [0.717, 1.165) is 16.5 Å². The van der Waals surface area contributed by atoms with Crippen molar-refractivity contribution in [2.45, 2.75) is 0 Å². The largest absolute Gasteiger partial charge is 0.366 e. The first kappa shape index (κ1) is 12.0. The van der Waals surface area contributed by atoms with E-state index >= 15 is 0 Å². The van der Waals surface area contributed by atoms with Crippen molar-refractivity contribution in [1.82, 2.24) is 10.2 Å². The Bertz CT molecular complexity index is 838. The predicted molar refractivity (Wildman–Crippen MR) is 77.0 cm³/mol. The summed E-state index contributed by atoms with van der Waals surface area (Å²) in [7, 11) is 0. The van der Waals surface area contributed by atoms with Gasteiger partial charge in [0.05, 0.1) is 5.52 Å². The maximum Gasteiger partial charge on any atom is 0.248 e. The quantitative estimate of drug-likeness (QED) is 0.658. The summed E-state index contributed by atoms with van der Waals surface area (Å²) in [6.07, 6.45) is 0. The van der Waals surface area contributed by atoms with Gasteiger partial charge in [0.1, 0.15) is 5.69 Å². The number of nitrogens with zero attached hydrogens (tertiary/aromatic N) is 1.